The van der Waals surface area contributed by atoms with Gasteiger partial charge in [-0.05, 0) is 12.8 Å². The highest BCUT2D eigenvalue weighted by atomic mass is 32.2. The second kappa shape index (κ2) is 5.42. The van der Waals surface area contributed by atoms with Crippen LogP contribution in [0.25, 0.3) is 0 Å². The van der Waals surface area contributed by atoms with Crippen LogP contribution in [-0.4, -0.2) is 50.6 Å². The van der Waals surface area contributed by atoms with E-state index in [1.54, 1.807) is 0 Å². The molecule has 2 aliphatic rings. The third-order valence-corrected chi connectivity index (χ3v) is 5.77. The highest BCUT2D eigenvalue weighted by molar-refractivity contribution is 7.87. The Morgan fingerprint density at radius 3 is 2.67 bits per heavy atom. The van der Waals surface area contributed by atoms with E-state index >= 15 is 0 Å². The summed E-state index contributed by atoms with van der Waals surface area (Å²) in [5.41, 5.74) is 6.04. The molecule has 0 aromatic heterocycles. The smallest absolute Gasteiger partial charge is 0.279 e. The Morgan fingerprint density at radius 1 is 1.39 bits per heavy atom. The molecule has 6 nitrogen and oxygen atoms in total. The zero-order valence-corrected chi connectivity index (χ0v) is 11.8. The van der Waals surface area contributed by atoms with Crippen LogP contribution in [0.2, 0.25) is 0 Å². The van der Waals surface area contributed by atoms with Crippen molar-refractivity contribution in [3.63, 3.8) is 0 Å². The first-order chi connectivity index (χ1) is 8.51. The minimum Gasteiger partial charge on any atom is -0.376 e. The van der Waals surface area contributed by atoms with Gasteiger partial charge in [0.2, 0.25) is 0 Å². The summed E-state index contributed by atoms with van der Waals surface area (Å²) in [6.45, 7) is 5.27. The molecule has 0 amide bonds. The van der Waals surface area contributed by atoms with Crippen LogP contribution >= 0.6 is 0 Å². The van der Waals surface area contributed by atoms with Crippen LogP contribution in [0.5, 0.6) is 0 Å². The van der Waals surface area contributed by atoms with Crippen molar-refractivity contribution in [1.29, 1.82) is 0 Å². The lowest BCUT2D eigenvalue weighted by atomic mass is 9.69. The second-order valence-electron chi connectivity index (χ2n) is 4.95. The number of nitrogens with zero attached hydrogens (tertiary/aromatic N) is 1. The van der Waals surface area contributed by atoms with E-state index in [9.17, 15) is 8.42 Å². The molecule has 1 saturated carbocycles. The fraction of sp³-hybridized carbons (Fsp3) is 1.00. The Bertz CT molecular complexity index is 383. The van der Waals surface area contributed by atoms with Gasteiger partial charge in [0.15, 0.2) is 0 Å². The average Bonchev–Trinajstić information content (AvgIpc) is 2.37. The molecule has 7 heteroatoms. The van der Waals surface area contributed by atoms with E-state index < -0.39 is 10.2 Å². The Kier molecular flexibility index (Phi) is 4.28. The number of rotatable bonds is 5. The quantitative estimate of drug-likeness (QED) is 0.720. The third kappa shape index (κ3) is 2.42. The lowest BCUT2D eigenvalue weighted by Crippen LogP contribution is -2.72. The van der Waals surface area contributed by atoms with Gasteiger partial charge in [-0.25, -0.2) is 0 Å². The molecule has 18 heavy (non-hydrogen) atoms. The normalized spacial score (nSPS) is 36.2. The van der Waals surface area contributed by atoms with Crippen molar-refractivity contribution in [2.45, 2.75) is 44.9 Å². The van der Waals surface area contributed by atoms with Gasteiger partial charge in [0.05, 0.1) is 12.1 Å². The van der Waals surface area contributed by atoms with E-state index in [0.717, 1.165) is 12.8 Å². The van der Waals surface area contributed by atoms with E-state index in [1.807, 2.05) is 13.8 Å². The summed E-state index contributed by atoms with van der Waals surface area (Å²) in [5.74, 6) is 0.308. The van der Waals surface area contributed by atoms with Crippen LogP contribution < -0.4 is 10.5 Å². The number of hydrogen-bond acceptors (Lipinski definition) is 4. The first-order valence-electron chi connectivity index (χ1n) is 6.65. The maximum absolute atomic E-state index is 12.1. The van der Waals surface area contributed by atoms with Gasteiger partial charge in [-0.3, -0.25) is 0 Å². The van der Waals surface area contributed by atoms with Crippen molar-refractivity contribution in [3.8, 4) is 0 Å². The molecule has 2 rings (SSSR count). The fourth-order valence-corrected chi connectivity index (χ4v) is 4.37. The van der Waals surface area contributed by atoms with Crippen LogP contribution in [-0.2, 0) is 14.9 Å². The van der Waals surface area contributed by atoms with Gasteiger partial charge in [-0.1, -0.05) is 13.8 Å². The lowest BCUT2D eigenvalue weighted by Gasteiger charge is -2.52. The van der Waals surface area contributed by atoms with Gasteiger partial charge in [0.1, 0.15) is 0 Å². The summed E-state index contributed by atoms with van der Waals surface area (Å²) in [7, 11) is -3.44. The zero-order valence-electron chi connectivity index (χ0n) is 11.0. The molecule has 0 aromatic rings. The Hall–Kier alpha value is -0.210. The van der Waals surface area contributed by atoms with Crippen molar-refractivity contribution in [3.05, 3.63) is 0 Å². The van der Waals surface area contributed by atoms with Crippen LogP contribution in [0, 0.1) is 5.92 Å². The van der Waals surface area contributed by atoms with E-state index in [4.69, 9.17) is 10.5 Å². The summed E-state index contributed by atoms with van der Waals surface area (Å²) in [4.78, 5) is 0. The molecule has 0 spiro atoms. The second-order valence-corrected chi connectivity index (χ2v) is 6.65. The third-order valence-electron chi connectivity index (χ3n) is 4.01. The molecule has 4 atom stereocenters. The van der Waals surface area contributed by atoms with E-state index in [0.29, 0.717) is 25.6 Å². The van der Waals surface area contributed by atoms with Crippen LogP contribution in [0.3, 0.4) is 0 Å². The molecule has 1 saturated heterocycles. The van der Waals surface area contributed by atoms with Crippen molar-refractivity contribution >= 4 is 10.2 Å². The van der Waals surface area contributed by atoms with E-state index in [-0.39, 0.29) is 18.2 Å². The number of hydrogen-bond donors (Lipinski definition) is 2. The van der Waals surface area contributed by atoms with Gasteiger partial charge in [-0.15, -0.1) is 0 Å². The predicted molar refractivity (Wildman–Crippen MR) is 69.2 cm³/mol. The Balaban J connectivity index is 2.01. The monoisotopic (exact) mass is 277 g/mol. The van der Waals surface area contributed by atoms with Gasteiger partial charge >= 0.3 is 0 Å². The van der Waals surface area contributed by atoms with Crippen LogP contribution in [0.4, 0.5) is 0 Å². The summed E-state index contributed by atoms with van der Waals surface area (Å²) in [6.07, 6.45) is 2.01. The number of fused-ring (bicyclic) bond motifs is 1. The lowest BCUT2D eigenvalue weighted by molar-refractivity contribution is -0.114. The molecule has 4 unspecified atom stereocenters. The number of nitrogens with one attached hydrogen (secondary N) is 1. The summed E-state index contributed by atoms with van der Waals surface area (Å²) in [6, 6.07) is -0.401. The minimum absolute atomic E-state index is 0.0425. The molecule has 0 bridgehead atoms. The molecule has 1 aliphatic heterocycles. The molecule has 1 heterocycles. The summed E-state index contributed by atoms with van der Waals surface area (Å²) >= 11 is 0. The summed E-state index contributed by atoms with van der Waals surface area (Å²) < 4.78 is 34.0. The largest absolute Gasteiger partial charge is 0.376 e. The molecular formula is C11H23N3O3S. The van der Waals surface area contributed by atoms with Crippen molar-refractivity contribution in [1.82, 2.24) is 9.03 Å². The molecule has 3 N–H and O–H groups in total. The van der Waals surface area contributed by atoms with Crippen LogP contribution in [0.1, 0.15) is 26.7 Å². The van der Waals surface area contributed by atoms with Gasteiger partial charge in [0, 0.05) is 31.7 Å². The minimum atomic E-state index is -3.44. The Labute approximate surface area is 109 Å². The van der Waals surface area contributed by atoms with Crippen LogP contribution in [0.15, 0.2) is 0 Å². The number of ether oxygens (including phenoxy) is 1. The average molecular weight is 277 g/mol. The highest BCUT2D eigenvalue weighted by Crippen LogP contribution is 2.37. The summed E-state index contributed by atoms with van der Waals surface area (Å²) in [5, 5.41) is 0. The molecular weight excluding hydrogens is 254 g/mol. The standard InChI is InChI=1S/C11H23N3O3S/c1-3-14(4-2)18(15,16)13-10-9(12)8-6-5-7-17-11(8)10/h8-11,13H,3-7,12H2,1-2H3. The fourth-order valence-electron chi connectivity index (χ4n) is 2.90. The zero-order chi connectivity index (χ0) is 13.3. The SMILES string of the molecule is CCN(CC)S(=O)(=O)NC1C(N)C2CCCOC21. The van der Waals surface area contributed by atoms with Crippen molar-refractivity contribution in [2.75, 3.05) is 19.7 Å². The first kappa shape index (κ1) is 14.2. The molecule has 0 aromatic carbocycles. The first-order valence-corrected chi connectivity index (χ1v) is 8.09. The molecule has 2 fully saturated rings. The molecule has 1 aliphatic carbocycles. The Morgan fingerprint density at radius 2 is 2.06 bits per heavy atom. The molecule has 0 radical (unpaired) electrons. The predicted octanol–water partition coefficient (Wildman–Crippen LogP) is -0.333. The van der Waals surface area contributed by atoms with E-state index in [2.05, 4.69) is 4.72 Å². The highest BCUT2D eigenvalue weighted by Gasteiger charge is 2.52. The van der Waals surface area contributed by atoms with Gasteiger partial charge < -0.3 is 10.5 Å². The maximum Gasteiger partial charge on any atom is 0.279 e. The van der Waals surface area contributed by atoms with Gasteiger partial charge in [-0.2, -0.15) is 17.4 Å². The number of nitrogens with two attached hydrogens (primary N) is 1. The van der Waals surface area contributed by atoms with Crippen molar-refractivity contribution in [2.24, 2.45) is 11.7 Å². The topological polar surface area (TPSA) is 84.7 Å². The molecule has 106 valence electrons. The van der Waals surface area contributed by atoms with E-state index in [1.165, 1.54) is 4.31 Å². The van der Waals surface area contributed by atoms with Crippen molar-refractivity contribution < 1.29 is 13.2 Å². The van der Waals surface area contributed by atoms with Gasteiger partial charge in [0.25, 0.3) is 10.2 Å². The maximum atomic E-state index is 12.1.